The number of carbonyl (C=O) groups excluding carboxylic acids is 1. The average Bonchev–Trinajstić information content (AvgIpc) is 2.41. The van der Waals surface area contributed by atoms with Crippen LogP contribution in [0.15, 0.2) is 0 Å². The normalized spacial score (nSPS) is 15.3. The molecular weight excluding hydrogens is 330 g/mol. The molecule has 0 radical (unpaired) electrons. The van der Waals surface area contributed by atoms with E-state index in [-0.39, 0.29) is 5.41 Å². The van der Waals surface area contributed by atoms with Gasteiger partial charge in [-0.25, -0.2) is 0 Å². The number of hydrogen-bond acceptors (Lipinski definition) is 4. The highest BCUT2D eigenvalue weighted by atomic mass is 32.2. The van der Waals surface area contributed by atoms with Crippen molar-refractivity contribution in [1.29, 1.82) is 0 Å². The van der Waals surface area contributed by atoms with Crippen LogP contribution in [-0.2, 0) is 19.6 Å². The summed E-state index contributed by atoms with van der Waals surface area (Å²) in [5.74, 6) is -1.53. The van der Waals surface area contributed by atoms with Crippen molar-refractivity contribution in [3.8, 4) is 0 Å². The smallest absolute Gasteiger partial charge is 0.402 e. The Morgan fingerprint density at radius 3 is 1.96 bits per heavy atom. The average molecular weight is 358 g/mol. The molecule has 23 heavy (non-hydrogen) atoms. The molecule has 5 nitrogen and oxygen atoms in total. The molecule has 1 atom stereocenters. The van der Waals surface area contributed by atoms with Gasteiger partial charge < -0.3 is 4.74 Å². The van der Waals surface area contributed by atoms with Crippen LogP contribution in [0.4, 0.5) is 8.78 Å². The van der Waals surface area contributed by atoms with Crippen LogP contribution in [0.25, 0.3) is 0 Å². The van der Waals surface area contributed by atoms with E-state index in [1.165, 1.54) is 0 Å². The summed E-state index contributed by atoms with van der Waals surface area (Å²) in [4.78, 5) is 12.3. The Morgan fingerprint density at radius 2 is 1.61 bits per heavy atom. The molecule has 0 rings (SSSR count). The molecule has 0 aliphatic rings. The van der Waals surface area contributed by atoms with E-state index in [1.807, 2.05) is 41.5 Å². The van der Waals surface area contributed by atoms with Crippen molar-refractivity contribution in [3.05, 3.63) is 0 Å². The zero-order valence-electron chi connectivity index (χ0n) is 14.7. The molecule has 0 saturated heterocycles. The van der Waals surface area contributed by atoms with Crippen LogP contribution in [0.5, 0.6) is 0 Å². The second kappa shape index (κ2) is 7.42. The fraction of sp³-hybridized carbons (Fsp3) is 0.933. The van der Waals surface area contributed by atoms with Crippen LogP contribution >= 0.6 is 0 Å². The minimum atomic E-state index is -5.62. The molecule has 0 spiro atoms. The molecule has 0 aliphatic carbocycles. The predicted octanol–water partition coefficient (Wildman–Crippen LogP) is 3.89. The summed E-state index contributed by atoms with van der Waals surface area (Å²) in [6.07, 6.45) is 1.85. The van der Waals surface area contributed by atoms with Crippen LogP contribution < -0.4 is 0 Å². The van der Waals surface area contributed by atoms with Crippen molar-refractivity contribution in [2.24, 2.45) is 16.7 Å². The maximum absolute atomic E-state index is 13.2. The second-order valence-corrected chi connectivity index (χ2v) is 8.88. The van der Waals surface area contributed by atoms with Gasteiger partial charge in [-0.15, -0.1) is 0 Å². The molecule has 138 valence electrons. The molecule has 0 aromatic carbocycles. The van der Waals surface area contributed by atoms with Gasteiger partial charge in [-0.3, -0.25) is 9.35 Å². The van der Waals surface area contributed by atoms with Gasteiger partial charge in [0.1, 0.15) is 0 Å². The molecule has 1 N–H and O–H groups in total. The first-order valence-corrected chi connectivity index (χ1v) is 9.05. The lowest BCUT2D eigenvalue weighted by molar-refractivity contribution is -0.160. The third kappa shape index (κ3) is 6.33. The van der Waals surface area contributed by atoms with E-state index in [4.69, 9.17) is 4.55 Å². The molecule has 0 bridgehead atoms. The summed E-state index contributed by atoms with van der Waals surface area (Å²) in [6, 6.07) is 0. The van der Waals surface area contributed by atoms with Crippen LogP contribution in [0, 0.1) is 16.7 Å². The Morgan fingerprint density at radius 1 is 1.13 bits per heavy atom. The maximum Gasteiger partial charge on any atom is 0.402 e. The summed E-state index contributed by atoms with van der Waals surface area (Å²) in [5.41, 5.74) is -0.682. The minimum absolute atomic E-state index is 0.193. The monoisotopic (exact) mass is 358 g/mol. The van der Waals surface area contributed by atoms with Crippen molar-refractivity contribution in [2.45, 2.75) is 66.1 Å². The van der Waals surface area contributed by atoms with Crippen molar-refractivity contribution in [2.75, 3.05) is 6.61 Å². The Bertz CT molecular complexity index is 512. The summed E-state index contributed by atoms with van der Waals surface area (Å²) >= 11 is 0. The van der Waals surface area contributed by atoms with E-state index in [0.29, 0.717) is 12.8 Å². The van der Waals surface area contributed by atoms with Gasteiger partial charge in [0, 0.05) is 0 Å². The minimum Gasteiger partial charge on any atom is -0.458 e. The maximum atomic E-state index is 13.2. The van der Waals surface area contributed by atoms with Gasteiger partial charge in [0.05, 0.1) is 5.92 Å². The topological polar surface area (TPSA) is 80.7 Å². The van der Waals surface area contributed by atoms with Gasteiger partial charge in [0.15, 0.2) is 6.61 Å². The largest absolute Gasteiger partial charge is 0.458 e. The molecule has 0 heterocycles. The summed E-state index contributed by atoms with van der Waals surface area (Å²) in [5, 5.41) is -4.51. The Labute approximate surface area is 137 Å². The van der Waals surface area contributed by atoms with Gasteiger partial charge >= 0.3 is 21.3 Å². The molecule has 1 unspecified atom stereocenters. The molecule has 0 aromatic heterocycles. The lowest BCUT2D eigenvalue weighted by Gasteiger charge is -2.37. The van der Waals surface area contributed by atoms with Crippen LogP contribution in [0.1, 0.15) is 60.8 Å². The number of esters is 1. The van der Waals surface area contributed by atoms with Crippen molar-refractivity contribution in [3.63, 3.8) is 0 Å². The lowest BCUT2D eigenvalue weighted by atomic mass is 9.68. The molecule has 8 heteroatoms. The number of rotatable bonds is 9. The second-order valence-electron chi connectivity index (χ2n) is 7.34. The van der Waals surface area contributed by atoms with E-state index < -0.39 is 39.3 Å². The first-order chi connectivity index (χ1) is 10.1. The van der Waals surface area contributed by atoms with E-state index in [2.05, 4.69) is 4.74 Å². The number of ether oxygens (including phenoxy) is 1. The summed E-state index contributed by atoms with van der Waals surface area (Å²) in [7, 11) is -5.62. The quantitative estimate of drug-likeness (QED) is 0.499. The third-order valence-corrected chi connectivity index (χ3v) is 5.49. The fourth-order valence-corrected chi connectivity index (χ4v) is 2.16. The Kier molecular flexibility index (Phi) is 7.18. The fourth-order valence-electron chi connectivity index (χ4n) is 1.95. The number of hydrogen-bond donors (Lipinski definition) is 1. The molecule has 0 amide bonds. The van der Waals surface area contributed by atoms with Crippen LogP contribution in [-0.4, -0.2) is 30.8 Å². The molecule has 0 aromatic rings. The zero-order chi connectivity index (χ0) is 18.7. The number of halogens is 2. The molecule has 0 fully saturated rings. The van der Waals surface area contributed by atoms with Gasteiger partial charge in [0.25, 0.3) is 0 Å². The third-order valence-electron chi connectivity index (χ3n) is 4.61. The van der Waals surface area contributed by atoms with Crippen LogP contribution in [0.2, 0.25) is 0 Å². The molecule has 0 aliphatic heterocycles. The summed E-state index contributed by atoms with van der Waals surface area (Å²) in [6.45, 7) is 9.77. The summed E-state index contributed by atoms with van der Waals surface area (Å²) < 4.78 is 60.6. The van der Waals surface area contributed by atoms with E-state index in [9.17, 15) is 22.0 Å². The van der Waals surface area contributed by atoms with E-state index in [0.717, 1.165) is 6.42 Å². The predicted molar refractivity (Wildman–Crippen MR) is 83.7 cm³/mol. The van der Waals surface area contributed by atoms with Gasteiger partial charge in [-0.2, -0.15) is 17.2 Å². The molecular formula is C15H28F2O5S. The lowest BCUT2D eigenvalue weighted by Crippen LogP contribution is -2.39. The van der Waals surface area contributed by atoms with Crippen LogP contribution in [0.3, 0.4) is 0 Å². The Hall–Kier alpha value is -0.760. The molecule has 0 saturated carbocycles. The first-order valence-electron chi connectivity index (χ1n) is 7.61. The van der Waals surface area contributed by atoms with E-state index in [1.54, 1.807) is 0 Å². The highest BCUT2D eigenvalue weighted by Crippen LogP contribution is 2.41. The SMILES string of the molecule is CCC(C)(C)CC(C(=O)OCC(F)(F)S(=O)(=O)O)C(C)(C)CC. The van der Waals surface area contributed by atoms with Crippen molar-refractivity contribution < 1.29 is 31.3 Å². The highest BCUT2D eigenvalue weighted by molar-refractivity contribution is 7.86. The van der Waals surface area contributed by atoms with Crippen molar-refractivity contribution in [1.82, 2.24) is 0 Å². The van der Waals surface area contributed by atoms with Gasteiger partial charge in [-0.05, 0) is 17.3 Å². The zero-order valence-corrected chi connectivity index (χ0v) is 15.5. The van der Waals surface area contributed by atoms with E-state index >= 15 is 0 Å². The first kappa shape index (κ1) is 22.2. The standard InChI is InChI=1S/C15H28F2O5S/c1-7-13(3,4)9-11(14(5,6)8-2)12(18)22-10-15(16,17)23(19,20)21/h11H,7-10H2,1-6H3,(H,19,20,21). The number of carbonyl (C=O) groups is 1. The van der Waals surface area contributed by atoms with Gasteiger partial charge in [-0.1, -0.05) is 54.4 Å². The Balaban J connectivity index is 5.25. The van der Waals surface area contributed by atoms with Crippen molar-refractivity contribution >= 4 is 16.1 Å². The highest BCUT2D eigenvalue weighted by Gasteiger charge is 2.47. The number of alkyl halides is 2. The van der Waals surface area contributed by atoms with Gasteiger partial charge in [0.2, 0.25) is 0 Å².